The van der Waals surface area contributed by atoms with Crippen molar-refractivity contribution in [2.75, 3.05) is 24.7 Å². The Bertz CT molecular complexity index is 336. The van der Waals surface area contributed by atoms with E-state index in [-0.39, 0.29) is 0 Å². The molecule has 1 aromatic heterocycles. The van der Waals surface area contributed by atoms with Crippen LogP contribution in [0.25, 0.3) is 0 Å². The monoisotopic (exact) mass is 193 g/mol. The second kappa shape index (κ2) is 4.50. The van der Waals surface area contributed by atoms with Crippen LogP contribution < -0.4 is 15.8 Å². The van der Waals surface area contributed by atoms with E-state index in [9.17, 15) is 0 Å². The number of rotatable bonds is 4. The van der Waals surface area contributed by atoms with Crippen molar-refractivity contribution in [3.8, 4) is 5.88 Å². The van der Waals surface area contributed by atoms with Gasteiger partial charge in [-0.1, -0.05) is 12.2 Å². The third-order valence-corrected chi connectivity index (χ3v) is 1.65. The van der Waals surface area contributed by atoms with Crippen LogP contribution in [0.5, 0.6) is 5.88 Å². The Hall–Kier alpha value is -1.71. The quantitative estimate of drug-likeness (QED) is 0.714. The number of nitrogens with two attached hydrogens (primary N) is 1. The Morgan fingerprint density at radius 3 is 2.93 bits per heavy atom. The fourth-order valence-electron chi connectivity index (χ4n) is 0.955. The molecule has 0 bridgehead atoms. The van der Waals surface area contributed by atoms with E-state index in [1.807, 2.05) is 6.92 Å². The van der Waals surface area contributed by atoms with Crippen LogP contribution in [0.4, 0.5) is 11.5 Å². The fraction of sp³-hybridized carbons (Fsp3) is 0.300. The van der Waals surface area contributed by atoms with Gasteiger partial charge in [0.25, 0.3) is 0 Å². The molecule has 0 fully saturated rings. The Morgan fingerprint density at radius 1 is 1.64 bits per heavy atom. The number of pyridine rings is 1. The molecule has 1 heterocycles. The summed E-state index contributed by atoms with van der Waals surface area (Å²) in [7, 11) is 1.54. The van der Waals surface area contributed by atoms with Crippen molar-refractivity contribution in [3.05, 3.63) is 24.3 Å². The van der Waals surface area contributed by atoms with Gasteiger partial charge < -0.3 is 15.8 Å². The van der Waals surface area contributed by atoms with Crippen LogP contribution in [0.2, 0.25) is 0 Å². The smallest absolute Gasteiger partial charge is 0.238 e. The number of nitrogens with one attached hydrogen (secondary N) is 1. The number of aromatic nitrogens is 1. The summed E-state index contributed by atoms with van der Waals surface area (Å²) in [5, 5.41) is 3.10. The zero-order valence-corrected chi connectivity index (χ0v) is 8.50. The predicted octanol–water partition coefficient (Wildman–Crippen LogP) is 1.66. The molecule has 4 nitrogen and oxygen atoms in total. The van der Waals surface area contributed by atoms with E-state index >= 15 is 0 Å². The summed E-state index contributed by atoms with van der Waals surface area (Å²) in [4.78, 5) is 4.16. The average molecular weight is 193 g/mol. The standard InChI is InChI=1S/C10H15N3O/c1-7(2)6-12-9-5-4-8(11)10(13-9)14-3/h4-5H,1,6,11H2,2-3H3,(H,12,13). The molecule has 0 radical (unpaired) electrons. The van der Waals surface area contributed by atoms with E-state index in [0.29, 0.717) is 18.1 Å². The van der Waals surface area contributed by atoms with Gasteiger partial charge in [-0.2, -0.15) is 4.98 Å². The lowest BCUT2D eigenvalue weighted by molar-refractivity contribution is 0.401. The number of ether oxygens (including phenoxy) is 1. The van der Waals surface area contributed by atoms with Gasteiger partial charge in [0.1, 0.15) is 5.82 Å². The lowest BCUT2D eigenvalue weighted by Crippen LogP contribution is -2.05. The van der Waals surface area contributed by atoms with Gasteiger partial charge in [-0.25, -0.2) is 0 Å². The first kappa shape index (κ1) is 10.4. The van der Waals surface area contributed by atoms with Crippen molar-refractivity contribution in [2.45, 2.75) is 6.92 Å². The Balaban J connectivity index is 2.74. The highest BCUT2D eigenvalue weighted by molar-refractivity contribution is 5.53. The fourth-order valence-corrected chi connectivity index (χ4v) is 0.955. The zero-order chi connectivity index (χ0) is 10.6. The maximum atomic E-state index is 5.62. The van der Waals surface area contributed by atoms with Gasteiger partial charge in [-0.05, 0) is 19.1 Å². The number of methoxy groups -OCH3 is 1. The third kappa shape index (κ3) is 2.65. The van der Waals surface area contributed by atoms with E-state index in [1.54, 1.807) is 19.2 Å². The molecule has 0 atom stereocenters. The lowest BCUT2D eigenvalue weighted by Gasteiger charge is -2.08. The Morgan fingerprint density at radius 2 is 2.36 bits per heavy atom. The van der Waals surface area contributed by atoms with Crippen molar-refractivity contribution in [2.24, 2.45) is 0 Å². The molecule has 4 heteroatoms. The molecule has 0 spiro atoms. The van der Waals surface area contributed by atoms with E-state index in [2.05, 4.69) is 16.9 Å². The molecule has 0 aliphatic carbocycles. The molecule has 0 aliphatic heterocycles. The second-order valence-corrected chi connectivity index (χ2v) is 3.11. The van der Waals surface area contributed by atoms with Crippen molar-refractivity contribution in [3.63, 3.8) is 0 Å². The minimum atomic E-state index is 0.441. The molecule has 0 unspecified atom stereocenters. The summed E-state index contributed by atoms with van der Waals surface area (Å²) in [5.41, 5.74) is 7.20. The number of hydrogen-bond donors (Lipinski definition) is 2. The van der Waals surface area contributed by atoms with Crippen LogP contribution >= 0.6 is 0 Å². The van der Waals surface area contributed by atoms with Gasteiger partial charge in [-0.15, -0.1) is 0 Å². The first-order valence-electron chi connectivity index (χ1n) is 4.32. The number of nitrogens with zero attached hydrogens (tertiary/aromatic N) is 1. The van der Waals surface area contributed by atoms with Crippen LogP contribution in [-0.2, 0) is 0 Å². The van der Waals surface area contributed by atoms with Crippen LogP contribution in [-0.4, -0.2) is 18.6 Å². The number of anilines is 2. The normalized spacial score (nSPS) is 9.57. The minimum Gasteiger partial charge on any atom is -0.479 e. The summed E-state index contributed by atoms with van der Waals surface area (Å²) in [6.07, 6.45) is 0. The van der Waals surface area contributed by atoms with Crippen molar-refractivity contribution >= 4 is 11.5 Å². The predicted molar refractivity (Wildman–Crippen MR) is 58.5 cm³/mol. The highest BCUT2D eigenvalue weighted by Gasteiger charge is 2.01. The zero-order valence-electron chi connectivity index (χ0n) is 8.50. The molecular formula is C10H15N3O. The third-order valence-electron chi connectivity index (χ3n) is 1.65. The van der Waals surface area contributed by atoms with E-state index in [0.717, 1.165) is 11.4 Å². The van der Waals surface area contributed by atoms with Gasteiger partial charge in [0.2, 0.25) is 5.88 Å². The van der Waals surface area contributed by atoms with Gasteiger partial charge >= 0.3 is 0 Å². The van der Waals surface area contributed by atoms with Crippen LogP contribution in [0.3, 0.4) is 0 Å². The molecule has 1 rings (SSSR count). The first-order valence-corrected chi connectivity index (χ1v) is 4.32. The minimum absolute atomic E-state index is 0.441. The lowest BCUT2D eigenvalue weighted by atomic mass is 10.3. The van der Waals surface area contributed by atoms with Crippen LogP contribution in [0.15, 0.2) is 24.3 Å². The molecule has 0 saturated heterocycles. The maximum Gasteiger partial charge on any atom is 0.238 e. The van der Waals surface area contributed by atoms with Crippen LogP contribution in [0, 0.1) is 0 Å². The van der Waals surface area contributed by atoms with Crippen molar-refractivity contribution < 1.29 is 4.74 Å². The first-order chi connectivity index (χ1) is 6.63. The molecule has 3 N–H and O–H groups in total. The molecule has 1 aromatic rings. The molecular weight excluding hydrogens is 178 g/mol. The second-order valence-electron chi connectivity index (χ2n) is 3.11. The highest BCUT2D eigenvalue weighted by atomic mass is 16.5. The summed E-state index contributed by atoms with van der Waals surface area (Å²) in [5.74, 6) is 1.18. The summed E-state index contributed by atoms with van der Waals surface area (Å²) >= 11 is 0. The molecule has 0 amide bonds. The van der Waals surface area contributed by atoms with Gasteiger partial charge in [0.05, 0.1) is 12.8 Å². The largest absolute Gasteiger partial charge is 0.479 e. The number of nitrogen functional groups attached to an aromatic ring is 1. The molecule has 0 aromatic carbocycles. The van der Waals surface area contributed by atoms with Crippen molar-refractivity contribution in [1.29, 1.82) is 0 Å². The average Bonchev–Trinajstić information content (AvgIpc) is 2.16. The highest BCUT2D eigenvalue weighted by Crippen LogP contribution is 2.19. The van der Waals surface area contributed by atoms with Gasteiger partial charge in [0.15, 0.2) is 0 Å². The van der Waals surface area contributed by atoms with E-state index < -0.39 is 0 Å². The maximum absolute atomic E-state index is 5.62. The molecule has 76 valence electrons. The Kier molecular flexibility index (Phi) is 3.34. The Labute approximate surface area is 83.8 Å². The molecule has 0 saturated carbocycles. The van der Waals surface area contributed by atoms with Crippen LogP contribution in [0.1, 0.15) is 6.92 Å². The summed E-state index contributed by atoms with van der Waals surface area (Å²) in [6, 6.07) is 3.56. The molecule has 0 aliphatic rings. The van der Waals surface area contributed by atoms with E-state index in [1.165, 1.54) is 0 Å². The van der Waals surface area contributed by atoms with Gasteiger partial charge in [-0.3, -0.25) is 0 Å². The van der Waals surface area contributed by atoms with Gasteiger partial charge in [0, 0.05) is 6.54 Å². The summed E-state index contributed by atoms with van der Waals surface area (Å²) in [6.45, 7) is 6.42. The van der Waals surface area contributed by atoms with Crippen molar-refractivity contribution in [1.82, 2.24) is 4.98 Å². The SMILES string of the molecule is C=C(C)CNc1ccc(N)c(OC)n1. The van der Waals surface area contributed by atoms with E-state index in [4.69, 9.17) is 10.5 Å². The molecule has 14 heavy (non-hydrogen) atoms. The topological polar surface area (TPSA) is 60.2 Å². The number of hydrogen-bond acceptors (Lipinski definition) is 4. The summed E-state index contributed by atoms with van der Waals surface area (Å²) < 4.78 is 4.99.